The molecule has 3 aromatic rings. The average Bonchev–Trinajstić information content (AvgIpc) is 3.12. The van der Waals surface area contributed by atoms with E-state index in [1.54, 1.807) is 0 Å². The molecule has 1 heterocycles. The molecule has 0 amide bonds. The standard InChI is InChI=1S/C20H15FN2O2S/c1-13-2-4-14(5-3-13)18-12-26-20(23-18)17(10-22)19(24)11-25-16-8-6-15(21)7-9-16/h2-9,12,17H,11H2,1H3. The van der Waals surface area contributed by atoms with E-state index < -0.39 is 5.92 Å². The van der Waals surface area contributed by atoms with Crippen LogP contribution in [-0.2, 0) is 4.79 Å². The Balaban J connectivity index is 1.70. The number of carbonyl (C=O) groups is 1. The summed E-state index contributed by atoms with van der Waals surface area (Å²) in [6.45, 7) is 1.73. The largest absolute Gasteiger partial charge is 0.486 e. The number of Topliss-reactive ketones (excluding diaryl/α,β-unsaturated/α-hetero) is 1. The van der Waals surface area contributed by atoms with Gasteiger partial charge in [-0.15, -0.1) is 11.3 Å². The number of benzene rings is 2. The Bertz CT molecular complexity index is 943. The molecule has 2 aromatic carbocycles. The van der Waals surface area contributed by atoms with Crippen LogP contribution in [0.5, 0.6) is 5.75 Å². The Morgan fingerprint density at radius 2 is 1.92 bits per heavy atom. The monoisotopic (exact) mass is 366 g/mol. The molecule has 130 valence electrons. The normalized spacial score (nSPS) is 11.6. The molecular weight excluding hydrogens is 351 g/mol. The molecule has 0 aliphatic carbocycles. The first-order valence-corrected chi connectivity index (χ1v) is 8.78. The number of rotatable bonds is 6. The molecule has 0 fully saturated rings. The van der Waals surface area contributed by atoms with Crippen molar-refractivity contribution in [2.75, 3.05) is 6.61 Å². The van der Waals surface area contributed by atoms with Gasteiger partial charge in [-0.3, -0.25) is 4.79 Å². The number of nitriles is 1. The van der Waals surface area contributed by atoms with Crippen LogP contribution in [0.3, 0.4) is 0 Å². The van der Waals surface area contributed by atoms with Gasteiger partial charge in [0, 0.05) is 10.9 Å². The fraction of sp³-hybridized carbons (Fsp3) is 0.150. The highest BCUT2D eigenvalue weighted by molar-refractivity contribution is 7.10. The molecule has 1 atom stereocenters. The van der Waals surface area contributed by atoms with Gasteiger partial charge in [-0.05, 0) is 31.2 Å². The van der Waals surface area contributed by atoms with E-state index >= 15 is 0 Å². The number of hydrogen-bond donors (Lipinski definition) is 0. The average molecular weight is 366 g/mol. The number of nitrogens with zero attached hydrogens (tertiary/aromatic N) is 2. The SMILES string of the molecule is Cc1ccc(-c2csc(C(C#N)C(=O)COc3ccc(F)cc3)n2)cc1. The quantitative estimate of drug-likeness (QED) is 0.644. The van der Waals surface area contributed by atoms with E-state index in [2.05, 4.69) is 4.98 Å². The van der Waals surface area contributed by atoms with Crippen molar-refractivity contribution >= 4 is 17.1 Å². The predicted molar refractivity (Wildman–Crippen MR) is 97.5 cm³/mol. The number of carbonyl (C=O) groups excluding carboxylic acids is 1. The zero-order chi connectivity index (χ0) is 18.5. The molecule has 4 nitrogen and oxygen atoms in total. The minimum atomic E-state index is -0.986. The molecule has 0 saturated carbocycles. The molecule has 3 rings (SSSR count). The number of thiazole rings is 1. The summed E-state index contributed by atoms with van der Waals surface area (Å²) in [6, 6.07) is 15.2. The fourth-order valence-electron chi connectivity index (χ4n) is 2.31. The Kier molecular flexibility index (Phi) is 5.40. The number of aromatic nitrogens is 1. The highest BCUT2D eigenvalue weighted by Gasteiger charge is 2.24. The summed E-state index contributed by atoms with van der Waals surface area (Å²) < 4.78 is 18.2. The molecule has 0 aliphatic heterocycles. The third kappa shape index (κ3) is 4.13. The maximum Gasteiger partial charge on any atom is 0.194 e. The van der Waals surface area contributed by atoms with Crippen molar-refractivity contribution in [2.24, 2.45) is 0 Å². The van der Waals surface area contributed by atoms with Crippen LogP contribution < -0.4 is 4.74 Å². The third-order valence-electron chi connectivity index (χ3n) is 3.76. The molecular formula is C20H15FN2O2S. The minimum absolute atomic E-state index is 0.274. The smallest absolute Gasteiger partial charge is 0.194 e. The lowest BCUT2D eigenvalue weighted by atomic mass is 10.1. The van der Waals surface area contributed by atoms with E-state index in [0.717, 1.165) is 16.8 Å². The summed E-state index contributed by atoms with van der Waals surface area (Å²) in [5.74, 6) is -1.39. The molecule has 0 aliphatic rings. The molecule has 26 heavy (non-hydrogen) atoms. The predicted octanol–water partition coefficient (Wildman–Crippen LogP) is 4.51. The lowest BCUT2D eigenvalue weighted by Crippen LogP contribution is -2.19. The van der Waals surface area contributed by atoms with E-state index in [0.29, 0.717) is 10.8 Å². The van der Waals surface area contributed by atoms with Crippen LogP contribution in [0.15, 0.2) is 53.9 Å². The number of ketones is 1. The van der Waals surface area contributed by atoms with Gasteiger partial charge >= 0.3 is 0 Å². The highest BCUT2D eigenvalue weighted by Crippen LogP contribution is 2.27. The maximum absolute atomic E-state index is 12.9. The van der Waals surface area contributed by atoms with Gasteiger partial charge in [0.15, 0.2) is 11.7 Å². The fourth-order valence-corrected chi connectivity index (χ4v) is 3.20. The minimum Gasteiger partial charge on any atom is -0.486 e. The van der Waals surface area contributed by atoms with Gasteiger partial charge in [0.2, 0.25) is 0 Å². The number of hydrogen-bond acceptors (Lipinski definition) is 5. The van der Waals surface area contributed by atoms with Crippen molar-refractivity contribution in [1.29, 1.82) is 5.26 Å². The van der Waals surface area contributed by atoms with E-state index in [-0.39, 0.29) is 18.2 Å². The van der Waals surface area contributed by atoms with Gasteiger partial charge in [0.25, 0.3) is 0 Å². The molecule has 0 radical (unpaired) electrons. The summed E-state index contributed by atoms with van der Waals surface area (Å²) in [7, 11) is 0. The first-order chi connectivity index (χ1) is 12.6. The van der Waals surface area contributed by atoms with Gasteiger partial charge in [-0.2, -0.15) is 5.26 Å². The van der Waals surface area contributed by atoms with Crippen LogP contribution in [0.25, 0.3) is 11.3 Å². The van der Waals surface area contributed by atoms with Crippen LogP contribution in [-0.4, -0.2) is 17.4 Å². The van der Waals surface area contributed by atoms with Crippen molar-refractivity contribution in [2.45, 2.75) is 12.8 Å². The Hall–Kier alpha value is -3.04. The van der Waals surface area contributed by atoms with Gasteiger partial charge in [0.05, 0.1) is 11.8 Å². The van der Waals surface area contributed by atoms with E-state index in [4.69, 9.17) is 4.74 Å². The second-order valence-corrected chi connectivity index (χ2v) is 6.60. The van der Waals surface area contributed by atoms with E-state index in [9.17, 15) is 14.4 Å². The van der Waals surface area contributed by atoms with Crippen LogP contribution >= 0.6 is 11.3 Å². The molecule has 1 unspecified atom stereocenters. The Morgan fingerprint density at radius 1 is 1.23 bits per heavy atom. The number of ether oxygens (including phenoxy) is 1. The molecule has 0 spiro atoms. The maximum atomic E-state index is 12.9. The molecule has 6 heteroatoms. The molecule has 1 aromatic heterocycles. The zero-order valence-electron chi connectivity index (χ0n) is 14.0. The highest BCUT2D eigenvalue weighted by atomic mass is 32.1. The summed E-state index contributed by atoms with van der Waals surface area (Å²) >= 11 is 1.27. The first-order valence-electron chi connectivity index (χ1n) is 7.90. The van der Waals surface area contributed by atoms with Gasteiger partial charge in [-0.1, -0.05) is 29.8 Å². The van der Waals surface area contributed by atoms with Gasteiger partial charge in [-0.25, -0.2) is 9.37 Å². The summed E-state index contributed by atoms with van der Waals surface area (Å²) in [4.78, 5) is 16.8. The van der Waals surface area contributed by atoms with Gasteiger partial charge in [0.1, 0.15) is 23.2 Å². The summed E-state index contributed by atoms with van der Waals surface area (Å²) in [5, 5.41) is 11.7. The van der Waals surface area contributed by atoms with E-state index in [1.807, 2.05) is 42.6 Å². The lowest BCUT2D eigenvalue weighted by Gasteiger charge is -2.07. The topological polar surface area (TPSA) is 63.0 Å². The lowest BCUT2D eigenvalue weighted by molar-refractivity contribution is -0.121. The second kappa shape index (κ2) is 7.89. The van der Waals surface area contributed by atoms with Crippen LogP contribution in [0.2, 0.25) is 0 Å². The summed E-state index contributed by atoms with van der Waals surface area (Å²) in [6.07, 6.45) is 0. The van der Waals surface area contributed by atoms with Crippen molar-refractivity contribution in [3.8, 4) is 23.1 Å². The van der Waals surface area contributed by atoms with Gasteiger partial charge < -0.3 is 4.74 Å². The Morgan fingerprint density at radius 3 is 2.58 bits per heavy atom. The molecule has 0 bridgehead atoms. The number of halogens is 1. The first kappa shape index (κ1) is 17.8. The van der Waals surface area contributed by atoms with Crippen molar-refractivity contribution < 1.29 is 13.9 Å². The Labute approximate surface area is 154 Å². The molecule has 0 N–H and O–H groups in total. The molecule has 0 saturated heterocycles. The van der Waals surface area contributed by atoms with Crippen molar-refractivity contribution in [3.63, 3.8) is 0 Å². The number of aryl methyl sites for hydroxylation is 1. The van der Waals surface area contributed by atoms with Crippen LogP contribution in [0, 0.1) is 24.1 Å². The van der Waals surface area contributed by atoms with Crippen molar-refractivity contribution in [3.05, 3.63) is 70.3 Å². The van der Waals surface area contributed by atoms with E-state index in [1.165, 1.54) is 35.6 Å². The second-order valence-electron chi connectivity index (χ2n) is 5.71. The van der Waals surface area contributed by atoms with Crippen molar-refractivity contribution in [1.82, 2.24) is 4.98 Å². The van der Waals surface area contributed by atoms with Crippen LogP contribution in [0.1, 0.15) is 16.5 Å². The zero-order valence-corrected chi connectivity index (χ0v) is 14.8. The third-order valence-corrected chi connectivity index (χ3v) is 4.67. The van der Waals surface area contributed by atoms with Crippen LogP contribution in [0.4, 0.5) is 4.39 Å². The summed E-state index contributed by atoms with van der Waals surface area (Å²) in [5.41, 5.74) is 2.81.